The SMILES string of the molecule is CC(C)NC(C)(Cc1cccc(F)c1)C(=O)O. The summed E-state index contributed by atoms with van der Waals surface area (Å²) < 4.78 is 13.0. The molecule has 1 atom stereocenters. The molecule has 0 aliphatic heterocycles. The first-order chi connectivity index (χ1) is 7.83. The maximum absolute atomic E-state index is 13.0. The molecule has 94 valence electrons. The first-order valence-electron chi connectivity index (χ1n) is 5.59. The van der Waals surface area contributed by atoms with E-state index in [0.29, 0.717) is 5.56 Å². The van der Waals surface area contributed by atoms with Gasteiger partial charge in [-0.3, -0.25) is 10.1 Å². The quantitative estimate of drug-likeness (QED) is 0.828. The van der Waals surface area contributed by atoms with Crippen molar-refractivity contribution in [2.75, 3.05) is 0 Å². The molecule has 0 saturated carbocycles. The van der Waals surface area contributed by atoms with Crippen LogP contribution < -0.4 is 5.32 Å². The van der Waals surface area contributed by atoms with Crippen molar-refractivity contribution in [3.63, 3.8) is 0 Å². The third-order valence-electron chi connectivity index (χ3n) is 2.53. The van der Waals surface area contributed by atoms with Gasteiger partial charge in [-0.2, -0.15) is 0 Å². The molecule has 1 aromatic rings. The molecule has 2 N–H and O–H groups in total. The van der Waals surface area contributed by atoms with E-state index in [1.807, 2.05) is 13.8 Å². The number of hydrogen-bond acceptors (Lipinski definition) is 2. The van der Waals surface area contributed by atoms with E-state index < -0.39 is 11.5 Å². The molecule has 1 unspecified atom stereocenters. The second kappa shape index (κ2) is 5.27. The molecule has 0 aliphatic carbocycles. The van der Waals surface area contributed by atoms with Crippen molar-refractivity contribution in [1.82, 2.24) is 5.32 Å². The van der Waals surface area contributed by atoms with Gasteiger partial charge in [-0.05, 0) is 38.5 Å². The number of rotatable bonds is 5. The third kappa shape index (κ3) is 3.82. The fourth-order valence-corrected chi connectivity index (χ4v) is 1.88. The summed E-state index contributed by atoms with van der Waals surface area (Å²) in [6.45, 7) is 5.37. The van der Waals surface area contributed by atoms with Crippen molar-refractivity contribution in [2.45, 2.75) is 38.8 Å². The Labute approximate surface area is 101 Å². The fraction of sp³-hybridized carbons (Fsp3) is 0.462. The van der Waals surface area contributed by atoms with Gasteiger partial charge in [0.1, 0.15) is 11.4 Å². The molecule has 1 rings (SSSR count). The largest absolute Gasteiger partial charge is 0.480 e. The molecular formula is C13H18FNO2. The third-order valence-corrected chi connectivity index (χ3v) is 2.53. The van der Waals surface area contributed by atoms with E-state index in [9.17, 15) is 14.3 Å². The molecular weight excluding hydrogens is 221 g/mol. The van der Waals surface area contributed by atoms with E-state index in [4.69, 9.17) is 0 Å². The molecule has 1 aromatic carbocycles. The number of benzene rings is 1. The Bertz CT molecular complexity index is 406. The number of carbonyl (C=O) groups is 1. The summed E-state index contributed by atoms with van der Waals surface area (Å²) in [6, 6.07) is 6.07. The highest BCUT2D eigenvalue weighted by Gasteiger charge is 2.33. The number of halogens is 1. The van der Waals surface area contributed by atoms with E-state index in [2.05, 4.69) is 5.32 Å². The molecule has 0 amide bonds. The average Bonchev–Trinajstić information content (AvgIpc) is 2.15. The minimum atomic E-state index is -1.08. The summed E-state index contributed by atoms with van der Waals surface area (Å²) >= 11 is 0. The lowest BCUT2D eigenvalue weighted by Gasteiger charge is -2.28. The van der Waals surface area contributed by atoms with Gasteiger partial charge in [0, 0.05) is 12.5 Å². The summed E-state index contributed by atoms with van der Waals surface area (Å²) in [7, 11) is 0. The Morgan fingerprint density at radius 3 is 2.65 bits per heavy atom. The molecule has 4 heteroatoms. The standard InChI is InChI=1S/C13H18FNO2/c1-9(2)15-13(3,12(16)17)8-10-5-4-6-11(14)7-10/h4-7,9,15H,8H2,1-3H3,(H,16,17). The van der Waals surface area contributed by atoms with Crippen LogP contribution in [0.3, 0.4) is 0 Å². The first-order valence-corrected chi connectivity index (χ1v) is 5.59. The van der Waals surface area contributed by atoms with Crippen molar-refractivity contribution >= 4 is 5.97 Å². The lowest BCUT2D eigenvalue weighted by Crippen LogP contribution is -2.53. The monoisotopic (exact) mass is 239 g/mol. The highest BCUT2D eigenvalue weighted by molar-refractivity contribution is 5.78. The van der Waals surface area contributed by atoms with Crippen LogP contribution in [0.5, 0.6) is 0 Å². The van der Waals surface area contributed by atoms with Gasteiger partial charge in [-0.1, -0.05) is 12.1 Å². The lowest BCUT2D eigenvalue weighted by atomic mass is 9.92. The molecule has 3 nitrogen and oxygen atoms in total. The fourth-order valence-electron chi connectivity index (χ4n) is 1.88. The van der Waals surface area contributed by atoms with Crippen LogP contribution in [0.1, 0.15) is 26.3 Å². The predicted molar refractivity (Wildman–Crippen MR) is 64.4 cm³/mol. The number of carboxylic acid groups (broad SMARTS) is 1. The minimum absolute atomic E-state index is 0.0460. The Kier molecular flexibility index (Phi) is 4.23. The van der Waals surface area contributed by atoms with E-state index >= 15 is 0 Å². The van der Waals surface area contributed by atoms with Crippen LogP contribution >= 0.6 is 0 Å². The van der Waals surface area contributed by atoms with E-state index in [-0.39, 0.29) is 18.3 Å². The molecule has 0 aromatic heterocycles. The maximum atomic E-state index is 13.0. The Hall–Kier alpha value is -1.42. The molecule has 0 fully saturated rings. The highest BCUT2D eigenvalue weighted by atomic mass is 19.1. The first kappa shape index (κ1) is 13.6. The number of hydrogen-bond donors (Lipinski definition) is 2. The summed E-state index contributed by atoms with van der Waals surface area (Å²) in [6.07, 6.45) is 0.248. The van der Waals surface area contributed by atoms with Gasteiger partial charge in [0.05, 0.1) is 0 Å². The van der Waals surface area contributed by atoms with Crippen LogP contribution in [-0.4, -0.2) is 22.7 Å². The van der Waals surface area contributed by atoms with Gasteiger partial charge >= 0.3 is 5.97 Å². The smallest absolute Gasteiger partial charge is 0.323 e. The van der Waals surface area contributed by atoms with Gasteiger partial charge < -0.3 is 5.11 Å². The van der Waals surface area contributed by atoms with Crippen LogP contribution in [0.2, 0.25) is 0 Å². The van der Waals surface area contributed by atoms with Gasteiger partial charge in [-0.25, -0.2) is 4.39 Å². The second-order valence-corrected chi connectivity index (χ2v) is 4.74. The van der Waals surface area contributed by atoms with Gasteiger partial charge in [0.15, 0.2) is 0 Å². The predicted octanol–water partition coefficient (Wildman–Crippen LogP) is 2.21. The van der Waals surface area contributed by atoms with Crippen LogP contribution in [0, 0.1) is 5.82 Å². The van der Waals surface area contributed by atoms with E-state index in [0.717, 1.165) is 0 Å². The van der Waals surface area contributed by atoms with Crippen molar-refractivity contribution < 1.29 is 14.3 Å². The van der Waals surface area contributed by atoms with Crippen molar-refractivity contribution in [3.8, 4) is 0 Å². The average molecular weight is 239 g/mol. The van der Waals surface area contributed by atoms with Crippen LogP contribution in [0.4, 0.5) is 4.39 Å². The van der Waals surface area contributed by atoms with Crippen molar-refractivity contribution in [2.24, 2.45) is 0 Å². The molecule has 0 heterocycles. The summed E-state index contributed by atoms with van der Waals surface area (Å²) in [5, 5.41) is 12.3. The molecule has 0 aliphatic rings. The zero-order valence-corrected chi connectivity index (χ0v) is 10.3. The zero-order valence-electron chi connectivity index (χ0n) is 10.3. The highest BCUT2D eigenvalue weighted by Crippen LogP contribution is 2.15. The molecule has 17 heavy (non-hydrogen) atoms. The van der Waals surface area contributed by atoms with Crippen LogP contribution in [-0.2, 0) is 11.2 Å². The van der Waals surface area contributed by atoms with Crippen molar-refractivity contribution in [3.05, 3.63) is 35.6 Å². The second-order valence-electron chi connectivity index (χ2n) is 4.74. The minimum Gasteiger partial charge on any atom is -0.480 e. The Morgan fingerprint density at radius 2 is 2.18 bits per heavy atom. The summed E-state index contributed by atoms with van der Waals surface area (Å²) in [4.78, 5) is 11.3. The van der Waals surface area contributed by atoms with Crippen LogP contribution in [0.25, 0.3) is 0 Å². The van der Waals surface area contributed by atoms with Gasteiger partial charge in [-0.15, -0.1) is 0 Å². The molecule has 0 bridgehead atoms. The lowest BCUT2D eigenvalue weighted by molar-refractivity contribution is -0.144. The molecule has 0 spiro atoms. The van der Waals surface area contributed by atoms with Gasteiger partial charge in [0.2, 0.25) is 0 Å². The Balaban J connectivity index is 2.90. The number of aliphatic carboxylic acids is 1. The molecule has 0 saturated heterocycles. The normalized spacial score (nSPS) is 14.6. The maximum Gasteiger partial charge on any atom is 0.323 e. The Morgan fingerprint density at radius 1 is 1.53 bits per heavy atom. The zero-order chi connectivity index (χ0) is 13.1. The van der Waals surface area contributed by atoms with Gasteiger partial charge in [0.25, 0.3) is 0 Å². The van der Waals surface area contributed by atoms with E-state index in [1.54, 1.807) is 19.1 Å². The van der Waals surface area contributed by atoms with Crippen molar-refractivity contribution in [1.29, 1.82) is 0 Å². The van der Waals surface area contributed by atoms with E-state index in [1.165, 1.54) is 12.1 Å². The molecule has 0 radical (unpaired) electrons. The number of nitrogens with one attached hydrogen (secondary N) is 1. The number of carboxylic acids is 1. The van der Waals surface area contributed by atoms with Crippen LogP contribution in [0.15, 0.2) is 24.3 Å². The summed E-state index contributed by atoms with van der Waals surface area (Å²) in [5.41, 5.74) is -0.412. The summed E-state index contributed by atoms with van der Waals surface area (Å²) in [5.74, 6) is -1.28. The topological polar surface area (TPSA) is 49.3 Å².